The minimum absolute atomic E-state index is 0.185. The average Bonchev–Trinajstić information content (AvgIpc) is 3.19. The first-order valence-corrected chi connectivity index (χ1v) is 9.51. The van der Waals surface area contributed by atoms with E-state index in [-0.39, 0.29) is 11.8 Å². The van der Waals surface area contributed by atoms with Gasteiger partial charge in [-0.15, -0.1) is 0 Å². The highest BCUT2D eigenvalue weighted by atomic mass is 16.2. The van der Waals surface area contributed by atoms with E-state index in [4.69, 9.17) is 0 Å². The summed E-state index contributed by atoms with van der Waals surface area (Å²) >= 11 is 0. The third kappa shape index (κ3) is 4.03. The normalized spacial score (nSPS) is 16.5. The van der Waals surface area contributed by atoms with Crippen LogP contribution in [0.2, 0.25) is 0 Å². The van der Waals surface area contributed by atoms with Gasteiger partial charge in [-0.2, -0.15) is 0 Å². The first-order chi connectivity index (χ1) is 13.3. The van der Waals surface area contributed by atoms with Crippen molar-refractivity contribution in [1.29, 1.82) is 0 Å². The Bertz CT molecular complexity index is 825. The second-order valence-electron chi connectivity index (χ2n) is 7.03. The van der Waals surface area contributed by atoms with Gasteiger partial charge in [0.2, 0.25) is 5.91 Å². The lowest BCUT2D eigenvalue weighted by molar-refractivity contribution is -0.130. The number of hydrogen-bond donors (Lipinski definition) is 1. The molecule has 3 nitrogen and oxygen atoms in total. The number of benzene rings is 3. The Labute approximate surface area is 160 Å². The number of anilines is 1. The Morgan fingerprint density at radius 1 is 0.815 bits per heavy atom. The highest BCUT2D eigenvalue weighted by Gasteiger charge is 2.32. The number of rotatable bonds is 5. The maximum Gasteiger partial charge on any atom is 0.234 e. The summed E-state index contributed by atoms with van der Waals surface area (Å²) in [4.78, 5) is 15.4. The lowest BCUT2D eigenvalue weighted by Crippen LogP contribution is -2.35. The van der Waals surface area contributed by atoms with E-state index in [0.29, 0.717) is 6.04 Å². The van der Waals surface area contributed by atoms with E-state index < -0.39 is 0 Å². The first-order valence-electron chi connectivity index (χ1n) is 9.51. The summed E-state index contributed by atoms with van der Waals surface area (Å²) in [6.45, 7) is 1.53. The second kappa shape index (κ2) is 8.09. The first kappa shape index (κ1) is 17.3. The molecule has 1 N–H and O–H groups in total. The monoisotopic (exact) mass is 356 g/mol. The lowest BCUT2D eigenvalue weighted by atomic mass is 9.90. The van der Waals surface area contributed by atoms with Crippen LogP contribution < -0.4 is 5.32 Å². The topological polar surface area (TPSA) is 32.3 Å². The van der Waals surface area contributed by atoms with E-state index in [1.807, 2.05) is 83.8 Å². The van der Waals surface area contributed by atoms with Crippen molar-refractivity contribution in [3.63, 3.8) is 0 Å². The van der Waals surface area contributed by atoms with Crippen molar-refractivity contribution in [3.8, 4) is 0 Å². The van der Waals surface area contributed by atoms with E-state index in [1.54, 1.807) is 0 Å². The number of para-hydroxylation sites is 1. The van der Waals surface area contributed by atoms with Gasteiger partial charge < -0.3 is 10.2 Å². The highest BCUT2D eigenvalue weighted by molar-refractivity contribution is 5.87. The van der Waals surface area contributed by atoms with Crippen LogP contribution in [0, 0.1) is 0 Å². The fourth-order valence-electron chi connectivity index (χ4n) is 3.80. The van der Waals surface area contributed by atoms with Crippen LogP contribution in [-0.4, -0.2) is 29.9 Å². The summed E-state index contributed by atoms with van der Waals surface area (Å²) in [5.41, 5.74) is 3.21. The molecule has 1 fully saturated rings. The maximum atomic E-state index is 13.4. The molecule has 0 aliphatic carbocycles. The summed E-state index contributed by atoms with van der Waals surface area (Å²) in [5, 5.41) is 3.55. The highest BCUT2D eigenvalue weighted by Crippen LogP contribution is 2.28. The van der Waals surface area contributed by atoms with Crippen molar-refractivity contribution in [1.82, 2.24) is 4.90 Å². The van der Waals surface area contributed by atoms with Crippen LogP contribution >= 0.6 is 0 Å². The van der Waals surface area contributed by atoms with Crippen molar-refractivity contribution in [2.24, 2.45) is 0 Å². The quantitative estimate of drug-likeness (QED) is 0.728. The molecule has 3 aromatic carbocycles. The van der Waals surface area contributed by atoms with Crippen molar-refractivity contribution in [3.05, 3.63) is 102 Å². The molecule has 136 valence electrons. The van der Waals surface area contributed by atoms with E-state index in [0.717, 1.165) is 36.3 Å². The molecule has 0 radical (unpaired) electrons. The molecular formula is C24H24N2O. The van der Waals surface area contributed by atoms with Gasteiger partial charge in [0, 0.05) is 24.8 Å². The molecule has 1 atom stereocenters. The van der Waals surface area contributed by atoms with Gasteiger partial charge in [-0.05, 0) is 29.7 Å². The Balaban J connectivity index is 1.52. The van der Waals surface area contributed by atoms with Crippen molar-refractivity contribution in [2.75, 3.05) is 18.4 Å². The molecule has 1 heterocycles. The summed E-state index contributed by atoms with van der Waals surface area (Å²) in [7, 11) is 0. The fraction of sp³-hybridized carbons (Fsp3) is 0.208. The van der Waals surface area contributed by atoms with Crippen molar-refractivity contribution >= 4 is 11.6 Å². The minimum atomic E-state index is -0.247. The van der Waals surface area contributed by atoms with Gasteiger partial charge >= 0.3 is 0 Å². The summed E-state index contributed by atoms with van der Waals surface area (Å²) in [6, 6.07) is 30.7. The molecular weight excluding hydrogens is 332 g/mol. The molecule has 1 saturated heterocycles. The minimum Gasteiger partial charge on any atom is -0.380 e. The van der Waals surface area contributed by atoms with Crippen molar-refractivity contribution < 1.29 is 4.79 Å². The van der Waals surface area contributed by atoms with Crippen molar-refractivity contribution in [2.45, 2.75) is 18.4 Å². The van der Waals surface area contributed by atoms with Crippen LogP contribution in [0.15, 0.2) is 91.0 Å². The zero-order chi connectivity index (χ0) is 18.5. The van der Waals surface area contributed by atoms with Gasteiger partial charge in [0.05, 0.1) is 5.92 Å². The number of nitrogens with zero attached hydrogens (tertiary/aromatic N) is 1. The maximum absolute atomic E-state index is 13.4. The fourth-order valence-corrected chi connectivity index (χ4v) is 3.80. The molecule has 1 unspecified atom stereocenters. The van der Waals surface area contributed by atoms with Gasteiger partial charge in [-0.1, -0.05) is 78.9 Å². The number of nitrogens with one attached hydrogen (secondary N) is 1. The van der Waals surface area contributed by atoms with Gasteiger partial charge in [0.15, 0.2) is 0 Å². The van der Waals surface area contributed by atoms with Gasteiger partial charge in [0.1, 0.15) is 0 Å². The van der Waals surface area contributed by atoms with Gasteiger partial charge in [0.25, 0.3) is 0 Å². The van der Waals surface area contributed by atoms with Crippen LogP contribution in [0.3, 0.4) is 0 Å². The SMILES string of the molecule is O=C(C(c1ccccc1)c1ccccc1)N1CCC(Nc2ccccc2)C1. The Hall–Kier alpha value is -3.07. The number of carbonyl (C=O) groups excluding carboxylic acids is 1. The van der Waals surface area contributed by atoms with Crippen LogP contribution in [0.1, 0.15) is 23.5 Å². The molecule has 0 bridgehead atoms. The molecule has 1 aliphatic heterocycles. The molecule has 27 heavy (non-hydrogen) atoms. The molecule has 0 aromatic heterocycles. The molecule has 1 amide bonds. The summed E-state index contributed by atoms with van der Waals surface area (Å²) in [5.74, 6) is -0.0624. The Morgan fingerprint density at radius 3 is 1.89 bits per heavy atom. The van der Waals surface area contributed by atoms with Gasteiger partial charge in [-0.3, -0.25) is 4.79 Å². The van der Waals surface area contributed by atoms with Crippen LogP contribution in [0.25, 0.3) is 0 Å². The number of amides is 1. The molecule has 3 heteroatoms. The standard InChI is InChI=1S/C24H24N2O/c27-24(26-17-16-22(18-26)25-21-14-8-3-9-15-21)23(19-10-4-1-5-11-19)20-12-6-2-7-13-20/h1-15,22-23,25H,16-18H2. The lowest BCUT2D eigenvalue weighted by Gasteiger charge is -2.24. The zero-order valence-corrected chi connectivity index (χ0v) is 15.3. The number of likely N-dealkylation sites (tertiary alicyclic amines) is 1. The predicted molar refractivity (Wildman–Crippen MR) is 110 cm³/mol. The zero-order valence-electron chi connectivity index (χ0n) is 15.3. The molecule has 4 rings (SSSR count). The third-order valence-corrected chi connectivity index (χ3v) is 5.16. The number of carbonyl (C=O) groups is 1. The van der Waals surface area contributed by atoms with E-state index in [9.17, 15) is 4.79 Å². The molecule has 1 aliphatic rings. The second-order valence-corrected chi connectivity index (χ2v) is 7.03. The average molecular weight is 356 g/mol. The largest absolute Gasteiger partial charge is 0.380 e. The molecule has 3 aromatic rings. The smallest absolute Gasteiger partial charge is 0.234 e. The van der Waals surface area contributed by atoms with E-state index >= 15 is 0 Å². The van der Waals surface area contributed by atoms with Crippen LogP contribution in [0.4, 0.5) is 5.69 Å². The summed E-state index contributed by atoms with van der Waals surface area (Å²) < 4.78 is 0. The van der Waals surface area contributed by atoms with E-state index in [1.165, 1.54) is 0 Å². The van der Waals surface area contributed by atoms with Gasteiger partial charge in [-0.25, -0.2) is 0 Å². The third-order valence-electron chi connectivity index (χ3n) is 5.16. The van der Waals surface area contributed by atoms with Crippen LogP contribution in [0.5, 0.6) is 0 Å². The number of hydrogen-bond acceptors (Lipinski definition) is 2. The molecule has 0 spiro atoms. The predicted octanol–water partition coefficient (Wildman–Crippen LogP) is 4.53. The Morgan fingerprint density at radius 2 is 1.33 bits per heavy atom. The van der Waals surface area contributed by atoms with Crippen LogP contribution in [-0.2, 0) is 4.79 Å². The molecule has 0 saturated carbocycles. The van der Waals surface area contributed by atoms with E-state index in [2.05, 4.69) is 17.4 Å². The Kier molecular flexibility index (Phi) is 5.20. The summed E-state index contributed by atoms with van der Waals surface area (Å²) in [6.07, 6.45) is 0.969.